The van der Waals surface area contributed by atoms with E-state index in [9.17, 15) is 13.2 Å². The number of para-hydroxylation sites is 1. The van der Waals surface area contributed by atoms with Crippen LogP contribution in [0.5, 0.6) is 5.75 Å². The lowest BCUT2D eigenvalue weighted by Gasteiger charge is -2.19. The minimum Gasteiger partial charge on any atom is -0.493 e. The highest BCUT2D eigenvalue weighted by Crippen LogP contribution is 2.33. The van der Waals surface area contributed by atoms with Gasteiger partial charge in [-0.25, -0.2) is 8.42 Å². The van der Waals surface area contributed by atoms with Crippen LogP contribution in [0.3, 0.4) is 0 Å². The number of ether oxygens (including phenoxy) is 1. The van der Waals surface area contributed by atoms with Gasteiger partial charge in [-0.2, -0.15) is 0 Å². The quantitative estimate of drug-likeness (QED) is 0.467. The molecule has 3 aromatic carbocycles. The molecule has 6 nitrogen and oxygen atoms in total. The third-order valence-electron chi connectivity index (χ3n) is 5.19. The maximum atomic E-state index is 13.2. The molecule has 1 aliphatic heterocycles. The summed E-state index contributed by atoms with van der Waals surface area (Å²) in [6.45, 7) is 2.92. The Morgan fingerprint density at radius 3 is 2.59 bits per heavy atom. The smallest absolute Gasteiger partial charge is 0.264 e. The first-order valence-electron chi connectivity index (χ1n) is 10.3. The molecule has 1 heterocycles. The topological polar surface area (TPSA) is 75.7 Å². The molecule has 0 unspecified atom stereocenters. The predicted octanol–water partition coefficient (Wildman–Crippen LogP) is 5.24. The summed E-state index contributed by atoms with van der Waals surface area (Å²) in [7, 11) is -3.68. The molecule has 0 radical (unpaired) electrons. The van der Waals surface area contributed by atoms with Crippen LogP contribution in [-0.4, -0.2) is 27.5 Å². The molecule has 8 heteroatoms. The molecule has 166 valence electrons. The zero-order chi connectivity index (χ0) is 22.7. The number of nitrogens with one attached hydrogen (secondary N) is 1. The summed E-state index contributed by atoms with van der Waals surface area (Å²) in [6, 6.07) is 19.0. The third-order valence-corrected chi connectivity index (χ3v) is 7.51. The molecule has 0 saturated carbocycles. The maximum Gasteiger partial charge on any atom is 0.264 e. The molecular weight excluding hydrogens is 492 g/mol. The number of halogens is 1. The maximum absolute atomic E-state index is 13.2. The number of hydrogen-bond donors (Lipinski definition) is 1. The second-order valence-corrected chi connectivity index (χ2v) is 10.2. The van der Waals surface area contributed by atoms with E-state index in [2.05, 4.69) is 21.2 Å². The highest BCUT2D eigenvalue weighted by molar-refractivity contribution is 9.10. The van der Waals surface area contributed by atoms with E-state index >= 15 is 0 Å². The first kappa shape index (κ1) is 22.4. The Bertz CT molecular complexity index is 1240. The van der Waals surface area contributed by atoms with Gasteiger partial charge in [0.25, 0.3) is 15.9 Å². The van der Waals surface area contributed by atoms with Crippen molar-refractivity contribution in [2.75, 3.05) is 22.8 Å². The van der Waals surface area contributed by atoms with Gasteiger partial charge in [-0.15, -0.1) is 0 Å². The SMILES string of the molecule is CCCOc1ccc(Br)cc1C(=O)Nc1ccc(S(=O)(=O)N2CCc3ccccc32)cc1. The van der Waals surface area contributed by atoms with Crippen LogP contribution in [0.25, 0.3) is 0 Å². The molecule has 4 rings (SSSR count). The second-order valence-electron chi connectivity index (χ2n) is 7.42. The predicted molar refractivity (Wildman–Crippen MR) is 129 cm³/mol. The van der Waals surface area contributed by atoms with E-state index in [0.29, 0.717) is 36.6 Å². The number of anilines is 2. The van der Waals surface area contributed by atoms with E-state index in [1.165, 1.54) is 16.4 Å². The third kappa shape index (κ3) is 4.52. The van der Waals surface area contributed by atoms with Gasteiger partial charge in [0.2, 0.25) is 0 Å². The standard InChI is InChI=1S/C24H23BrN2O4S/c1-2-15-31-23-12-7-18(25)16-21(23)24(28)26-19-8-10-20(11-9-19)32(29,30)27-14-13-17-5-3-4-6-22(17)27/h3-12,16H,2,13-15H2,1H3,(H,26,28). The van der Waals surface area contributed by atoms with E-state index in [1.807, 2.05) is 37.3 Å². The Hall–Kier alpha value is -2.84. The van der Waals surface area contributed by atoms with Crippen LogP contribution >= 0.6 is 15.9 Å². The molecule has 0 spiro atoms. The van der Waals surface area contributed by atoms with Crippen LogP contribution in [-0.2, 0) is 16.4 Å². The Kier molecular flexibility index (Phi) is 6.53. The summed E-state index contributed by atoms with van der Waals surface area (Å²) in [5.74, 6) is 0.168. The van der Waals surface area contributed by atoms with Crippen molar-refractivity contribution in [2.24, 2.45) is 0 Å². The molecule has 1 aliphatic rings. The average molecular weight is 515 g/mol. The minimum atomic E-state index is -3.68. The van der Waals surface area contributed by atoms with Crippen LogP contribution in [0, 0.1) is 0 Å². The van der Waals surface area contributed by atoms with E-state index in [-0.39, 0.29) is 10.8 Å². The summed E-state index contributed by atoms with van der Waals surface area (Å²) >= 11 is 3.39. The van der Waals surface area contributed by atoms with E-state index in [0.717, 1.165) is 22.1 Å². The summed E-state index contributed by atoms with van der Waals surface area (Å²) in [5, 5.41) is 2.82. The fourth-order valence-corrected chi connectivity index (χ4v) is 5.48. The normalized spacial score (nSPS) is 13.0. The fourth-order valence-electron chi connectivity index (χ4n) is 3.61. The number of nitrogens with zero attached hydrogens (tertiary/aromatic N) is 1. The summed E-state index contributed by atoms with van der Waals surface area (Å²) in [6.07, 6.45) is 1.52. The van der Waals surface area contributed by atoms with Gasteiger partial charge in [-0.05, 0) is 66.9 Å². The number of fused-ring (bicyclic) bond motifs is 1. The van der Waals surface area contributed by atoms with Crippen LogP contribution in [0.15, 0.2) is 76.1 Å². The van der Waals surface area contributed by atoms with Crippen molar-refractivity contribution in [1.29, 1.82) is 0 Å². The first-order valence-corrected chi connectivity index (χ1v) is 12.6. The van der Waals surface area contributed by atoms with E-state index in [1.54, 1.807) is 24.3 Å². The van der Waals surface area contributed by atoms with E-state index in [4.69, 9.17) is 4.74 Å². The van der Waals surface area contributed by atoms with Crippen molar-refractivity contribution in [1.82, 2.24) is 0 Å². The van der Waals surface area contributed by atoms with Crippen molar-refractivity contribution < 1.29 is 17.9 Å². The van der Waals surface area contributed by atoms with Gasteiger partial charge in [-0.3, -0.25) is 9.10 Å². The number of carbonyl (C=O) groups excluding carboxylic acids is 1. The Balaban J connectivity index is 1.53. The highest BCUT2D eigenvalue weighted by atomic mass is 79.9. The lowest BCUT2D eigenvalue weighted by atomic mass is 10.2. The van der Waals surface area contributed by atoms with Gasteiger partial charge in [0.05, 0.1) is 22.8 Å². The molecule has 0 fully saturated rings. The summed E-state index contributed by atoms with van der Waals surface area (Å²) in [5.41, 5.74) is 2.64. The van der Waals surface area contributed by atoms with Crippen LogP contribution in [0.1, 0.15) is 29.3 Å². The summed E-state index contributed by atoms with van der Waals surface area (Å²) in [4.78, 5) is 13.0. The van der Waals surface area contributed by atoms with Crippen molar-refractivity contribution >= 4 is 43.2 Å². The van der Waals surface area contributed by atoms with Gasteiger partial charge < -0.3 is 10.1 Å². The Labute approximate surface area is 196 Å². The Morgan fingerprint density at radius 2 is 1.84 bits per heavy atom. The number of benzene rings is 3. The lowest BCUT2D eigenvalue weighted by Crippen LogP contribution is -2.29. The molecule has 0 aromatic heterocycles. The van der Waals surface area contributed by atoms with Gasteiger partial charge >= 0.3 is 0 Å². The molecule has 1 N–H and O–H groups in total. The highest BCUT2D eigenvalue weighted by Gasteiger charge is 2.30. The summed E-state index contributed by atoms with van der Waals surface area (Å²) < 4.78 is 34.2. The van der Waals surface area contributed by atoms with Gasteiger partial charge in [0.1, 0.15) is 5.75 Å². The van der Waals surface area contributed by atoms with Crippen molar-refractivity contribution in [2.45, 2.75) is 24.7 Å². The van der Waals surface area contributed by atoms with Crippen LogP contribution in [0.4, 0.5) is 11.4 Å². The zero-order valence-corrected chi connectivity index (χ0v) is 19.9. The van der Waals surface area contributed by atoms with Gasteiger partial charge in [0.15, 0.2) is 0 Å². The molecule has 0 saturated heterocycles. The van der Waals surface area contributed by atoms with Gasteiger partial charge in [-0.1, -0.05) is 41.1 Å². The van der Waals surface area contributed by atoms with Crippen LogP contribution in [0.2, 0.25) is 0 Å². The first-order chi connectivity index (χ1) is 15.4. The molecule has 0 aliphatic carbocycles. The van der Waals surface area contributed by atoms with E-state index < -0.39 is 10.0 Å². The van der Waals surface area contributed by atoms with Crippen molar-refractivity contribution in [3.05, 3.63) is 82.3 Å². The zero-order valence-electron chi connectivity index (χ0n) is 17.5. The lowest BCUT2D eigenvalue weighted by molar-refractivity contribution is 0.102. The second kappa shape index (κ2) is 9.34. The number of carbonyl (C=O) groups is 1. The van der Waals surface area contributed by atoms with Gasteiger partial charge in [0, 0.05) is 16.7 Å². The number of hydrogen-bond acceptors (Lipinski definition) is 4. The van der Waals surface area contributed by atoms with Crippen molar-refractivity contribution in [3.63, 3.8) is 0 Å². The monoisotopic (exact) mass is 514 g/mol. The van der Waals surface area contributed by atoms with Crippen molar-refractivity contribution in [3.8, 4) is 5.75 Å². The molecule has 0 atom stereocenters. The molecule has 32 heavy (non-hydrogen) atoms. The molecule has 1 amide bonds. The molecule has 0 bridgehead atoms. The Morgan fingerprint density at radius 1 is 1.09 bits per heavy atom. The number of sulfonamides is 1. The largest absolute Gasteiger partial charge is 0.493 e. The number of amides is 1. The minimum absolute atomic E-state index is 0.182. The average Bonchev–Trinajstić information content (AvgIpc) is 3.23. The number of rotatable bonds is 7. The molecular formula is C24H23BrN2O4S. The van der Waals surface area contributed by atoms with Crippen LogP contribution < -0.4 is 14.4 Å². The fraction of sp³-hybridized carbons (Fsp3) is 0.208. The molecule has 3 aromatic rings.